The Kier molecular flexibility index (Phi) is 3.13. The lowest BCUT2D eigenvalue weighted by Crippen LogP contribution is -2.42. The van der Waals surface area contributed by atoms with E-state index in [1.165, 1.54) is 11.0 Å². The lowest BCUT2D eigenvalue weighted by molar-refractivity contribution is -0.138. The number of aromatic nitrogens is 1. The molecule has 1 aliphatic heterocycles. The van der Waals surface area contributed by atoms with Gasteiger partial charge < -0.3 is 5.11 Å². The molecule has 2 aromatic rings. The minimum atomic E-state index is -1.07. The first-order valence-corrected chi connectivity index (χ1v) is 6.34. The Morgan fingerprint density at radius 2 is 2.00 bits per heavy atom. The van der Waals surface area contributed by atoms with E-state index in [2.05, 4.69) is 4.98 Å². The molecule has 106 valence electrons. The Morgan fingerprint density at radius 1 is 1.24 bits per heavy atom. The van der Waals surface area contributed by atoms with Crippen LogP contribution in [0.1, 0.15) is 15.9 Å². The molecule has 2 heterocycles. The second-order valence-electron chi connectivity index (χ2n) is 4.73. The van der Waals surface area contributed by atoms with Crippen LogP contribution in [0.2, 0.25) is 0 Å². The second-order valence-corrected chi connectivity index (χ2v) is 4.73. The summed E-state index contributed by atoms with van der Waals surface area (Å²) in [5.41, 5.74) is 1.52. The van der Waals surface area contributed by atoms with E-state index in [1.54, 1.807) is 24.3 Å². The highest BCUT2D eigenvalue weighted by Gasteiger charge is 2.38. The number of halogens is 1. The minimum absolute atomic E-state index is 0.152. The van der Waals surface area contributed by atoms with Crippen LogP contribution in [0, 0.1) is 5.95 Å². The first-order valence-electron chi connectivity index (χ1n) is 6.34. The quantitative estimate of drug-likeness (QED) is 0.856. The summed E-state index contributed by atoms with van der Waals surface area (Å²) >= 11 is 0. The predicted octanol–water partition coefficient (Wildman–Crippen LogP) is 1.88. The molecule has 1 unspecified atom stereocenters. The number of fused-ring (bicyclic) bond motifs is 1. The number of hydrogen-bond donors (Lipinski definition) is 1. The van der Waals surface area contributed by atoms with E-state index in [-0.39, 0.29) is 12.0 Å². The monoisotopic (exact) mass is 286 g/mol. The molecule has 0 aliphatic carbocycles. The highest BCUT2D eigenvalue weighted by molar-refractivity contribution is 6.10. The summed E-state index contributed by atoms with van der Waals surface area (Å²) in [6.45, 7) is 0. The molecule has 5 nitrogen and oxygen atoms in total. The topological polar surface area (TPSA) is 70.5 Å². The van der Waals surface area contributed by atoms with Crippen LogP contribution in [0.15, 0.2) is 42.6 Å². The van der Waals surface area contributed by atoms with Gasteiger partial charge in [0.2, 0.25) is 5.95 Å². The molecule has 0 spiro atoms. The van der Waals surface area contributed by atoms with E-state index in [0.717, 1.165) is 17.8 Å². The third-order valence-corrected chi connectivity index (χ3v) is 3.45. The number of rotatable bonds is 2. The molecule has 1 N–H and O–H groups in total. The van der Waals surface area contributed by atoms with Crippen LogP contribution in [0.25, 0.3) is 0 Å². The van der Waals surface area contributed by atoms with Gasteiger partial charge in [0.25, 0.3) is 5.91 Å². The number of pyridine rings is 1. The van der Waals surface area contributed by atoms with Crippen LogP contribution in [0.5, 0.6) is 0 Å². The van der Waals surface area contributed by atoms with E-state index >= 15 is 0 Å². The summed E-state index contributed by atoms with van der Waals surface area (Å²) in [6, 6.07) is 8.45. The van der Waals surface area contributed by atoms with E-state index in [1.807, 2.05) is 0 Å². The van der Waals surface area contributed by atoms with Gasteiger partial charge in [0.05, 0.1) is 5.56 Å². The van der Waals surface area contributed by atoms with Crippen LogP contribution in [-0.4, -0.2) is 28.0 Å². The summed E-state index contributed by atoms with van der Waals surface area (Å²) in [5.74, 6) is -2.27. The lowest BCUT2D eigenvalue weighted by atomic mass is 10.1. The van der Waals surface area contributed by atoms with E-state index in [9.17, 15) is 19.1 Å². The van der Waals surface area contributed by atoms with Gasteiger partial charge in [-0.05, 0) is 23.8 Å². The zero-order valence-corrected chi connectivity index (χ0v) is 10.9. The Morgan fingerprint density at radius 3 is 2.67 bits per heavy atom. The van der Waals surface area contributed by atoms with Crippen molar-refractivity contribution in [1.29, 1.82) is 0 Å². The smallest absolute Gasteiger partial charge is 0.327 e. The number of carboxylic acids is 1. The second kappa shape index (κ2) is 4.97. The molecular formula is C15H11FN2O3. The third-order valence-electron chi connectivity index (χ3n) is 3.45. The summed E-state index contributed by atoms with van der Waals surface area (Å²) in [5, 5.41) is 9.33. The van der Waals surface area contributed by atoms with Gasteiger partial charge in [-0.15, -0.1) is 0 Å². The average molecular weight is 286 g/mol. The molecule has 1 aromatic heterocycles. The standard InChI is InChI=1S/C15H11FN2O3/c16-13-6-5-10(8-17-13)14(19)18-11-4-2-1-3-9(11)7-12(18)15(20)21/h1-6,8,12H,7H2,(H,20,21). The maximum atomic E-state index is 12.8. The molecule has 1 atom stereocenters. The number of carbonyl (C=O) groups excluding carboxylic acids is 1. The fourth-order valence-corrected chi connectivity index (χ4v) is 2.48. The summed E-state index contributed by atoms with van der Waals surface area (Å²) < 4.78 is 12.8. The van der Waals surface area contributed by atoms with Crippen molar-refractivity contribution in [3.8, 4) is 0 Å². The number of hydrogen-bond acceptors (Lipinski definition) is 3. The third kappa shape index (κ3) is 2.24. The molecule has 0 saturated carbocycles. The highest BCUT2D eigenvalue weighted by Crippen LogP contribution is 2.33. The SMILES string of the molecule is O=C(O)C1Cc2ccccc2N1C(=O)c1ccc(F)nc1. The molecule has 0 saturated heterocycles. The summed E-state index contributed by atoms with van der Waals surface area (Å²) in [4.78, 5) is 28.6. The highest BCUT2D eigenvalue weighted by atomic mass is 19.1. The van der Waals surface area contributed by atoms with Gasteiger partial charge >= 0.3 is 5.97 Å². The summed E-state index contributed by atoms with van der Waals surface area (Å²) in [7, 11) is 0. The zero-order chi connectivity index (χ0) is 15.0. The number of nitrogens with zero attached hydrogens (tertiary/aromatic N) is 2. The fraction of sp³-hybridized carbons (Fsp3) is 0.133. The van der Waals surface area contributed by atoms with Crippen LogP contribution < -0.4 is 4.90 Å². The Labute approximate surface area is 119 Å². The Hall–Kier alpha value is -2.76. The van der Waals surface area contributed by atoms with E-state index in [4.69, 9.17) is 0 Å². The molecular weight excluding hydrogens is 275 g/mol. The van der Waals surface area contributed by atoms with Crippen molar-refractivity contribution in [2.75, 3.05) is 4.90 Å². The van der Waals surface area contributed by atoms with Crippen molar-refractivity contribution >= 4 is 17.6 Å². The number of carbonyl (C=O) groups is 2. The van der Waals surface area contributed by atoms with Gasteiger partial charge in [-0.1, -0.05) is 18.2 Å². The molecule has 21 heavy (non-hydrogen) atoms. The first-order chi connectivity index (χ1) is 10.1. The molecule has 1 aromatic carbocycles. The normalized spacial score (nSPS) is 16.6. The van der Waals surface area contributed by atoms with Crippen molar-refractivity contribution in [1.82, 2.24) is 4.98 Å². The minimum Gasteiger partial charge on any atom is -0.480 e. The average Bonchev–Trinajstić information content (AvgIpc) is 2.87. The van der Waals surface area contributed by atoms with Gasteiger partial charge in [-0.2, -0.15) is 4.39 Å². The van der Waals surface area contributed by atoms with Gasteiger partial charge in [0.1, 0.15) is 6.04 Å². The summed E-state index contributed by atoms with van der Waals surface area (Å²) in [6.07, 6.45) is 1.36. The lowest BCUT2D eigenvalue weighted by Gasteiger charge is -2.22. The largest absolute Gasteiger partial charge is 0.480 e. The van der Waals surface area contributed by atoms with Crippen molar-refractivity contribution in [3.63, 3.8) is 0 Å². The number of anilines is 1. The van der Waals surface area contributed by atoms with Crippen molar-refractivity contribution in [3.05, 3.63) is 59.7 Å². The zero-order valence-electron chi connectivity index (χ0n) is 10.9. The maximum absolute atomic E-state index is 12.8. The van der Waals surface area contributed by atoms with Crippen LogP contribution in [-0.2, 0) is 11.2 Å². The van der Waals surface area contributed by atoms with Gasteiger partial charge in [0, 0.05) is 18.3 Å². The van der Waals surface area contributed by atoms with Crippen molar-refractivity contribution < 1.29 is 19.1 Å². The molecule has 0 bridgehead atoms. The van der Waals surface area contributed by atoms with E-state index in [0.29, 0.717) is 5.69 Å². The number of para-hydroxylation sites is 1. The molecule has 6 heteroatoms. The van der Waals surface area contributed by atoms with Crippen LogP contribution >= 0.6 is 0 Å². The fourth-order valence-electron chi connectivity index (χ4n) is 2.48. The van der Waals surface area contributed by atoms with E-state index < -0.39 is 23.9 Å². The predicted molar refractivity (Wildman–Crippen MR) is 72.6 cm³/mol. The Bertz CT molecular complexity index is 715. The van der Waals surface area contributed by atoms with Crippen LogP contribution in [0.4, 0.5) is 10.1 Å². The van der Waals surface area contributed by atoms with Gasteiger partial charge in [-0.3, -0.25) is 9.69 Å². The molecule has 3 rings (SSSR count). The number of amides is 1. The van der Waals surface area contributed by atoms with Crippen LogP contribution in [0.3, 0.4) is 0 Å². The van der Waals surface area contributed by atoms with Gasteiger partial charge in [0.15, 0.2) is 0 Å². The van der Waals surface area contributed by atoms with Crippen molar-refractivity contribution in [2.45, 2.75) is 12.5 Å². The van der Waals surface area contributed by atoms with Crippen molar-refractivity contribution in [2.24, 2.45) is 0 Å². The number of benzene rings is 1. The molecule has 0 radical (unpaired) electrons. The molecule has 1 amide bonds. The number of aliphatic carboxylic acids is 1. The first kappa shape index (κ1) is 13.2. The molecule has 0 fully saturated rings. The Balaban J connectivity index is 2.03. The molecule has 1 aliphatic rings. The van der Waals surface area contributed by atoms with Gasteiger partial charge in [-0.25, -0.2) is 9.78 Å². The maximum Gasteiger partial charge on any atom is 0.327 e. The number of carboxylic acid groups (broad SMARTS) is 1.